The van der Waals surface area contributed by atoms with E-state index in [1.54, 1.807) is 0 Å². The Balaban J connectivity index is 1.75. The van der Waals surface area contributed by atoms with E-state index in [0.29, 0.717) is 24.5 Å². The number of nitrogens with zero attached hydrogens (tertiary/aromatic N) is 3. The lowest BCUT2D eigenvalue weighted by Crippen LogP contribution is -2.33. The molecule has 1 aromatic heterocycles. The third kappa shape index (κ3) is 4.20. The number of hydrogen-bond acceptors (Lipinski definition) is 6. The van der Waals surface area contributed by atoms with E-state index in [4.69, 9.17) is 4.42 Å². The summed E-state index contributed by atoms with van der Waals surface area (Å²) in [7, 11) is 0. The zero-order valence-corrected chi connectivity index (χ0v) is 11.5. The Morgan fingerprint density at radius 1 is 1.37 bits per heavy atom. The van der Waals surface area contributed by atoms with Gasteiger partial charge >= 0.3 is 6.01 Å². The molecule has 0 unspecified atom stereocenters. The summed E-state index contributed by atoms with van der Waals surface area (Å²) in [4.78, 5) is 13.7. The third-order valence-electron chi connectivity index (χ3n) is 2.98. The zero-order valence-electron chi connectivity index (χ0n) is 11.5. The number of rotatable bonds is 6. The molecule has 2 rings (SSSR count). The van der Waals surface area contributed by atoms with Crippen LogP contribution in [0.3, 0.4) is 0 Å². The summed E-state index contributed by atoms with van der Waals surface area (Å²) in [5, 5.41) is 13.8. The van der Waals surface area contributed by atoms with Crippen LogP contribution in [0.2, 0.25) is 0 Å². The predicted octanol–water partition coefficient (Wildman–Crippen LogP) is 0.602. The molecule has 1 aliphatic heterocycles. The minimum Gasteiger partial charge on any atom is -0.407 e. The van der Waals surface area contributed by atoms with Crippen molar-refractivity contribution in [3.63, 3.8) is 0 Å². The molecule has 0 aliphatic carbocycles. The van der Waals surface area contributed by atoms with E-state index in [0.717, 1.165) is 25.9 Å². The fraction of sp³-hybridized carbons (Fsp3) is 0.750. The number of likely N-dealkylation sites (tertiary alicyclic amines) is 1. The summed E-state index contributed by atoms with van der Waals surface area (Å²) in [6.45, 7) is 6.54. The number of carbonyl (C=O) groups is 1. The van der Waals surface area contributed by atoms with Gasteiger partial charge in [-0.25, -0.2) is 0 Å². The molecule has 2 heterocycles. The van der Waals surface area contributed by atoms with Gasteiger partial charge in [0.25, 0.3) is 0 Å². The van der Waals surface area contributed by atoms with E-state index in [2.05, 4.69) is 20.8 Å². The largest absolute Gasteiger partial charge is 0.407 e. The first-order valence-electron chi connectivity index (χ1n) is 6.72. The van der Waals surface area contributed by atoms with Gasteiger partial charge in [0, 0.05) is 19.1 Å². The highest BCUT2D eigenvalue weighted by molar-refractivity contribution is 5.80. The van der Waals surface area contributed by atoms with Gasteiger partial charge in [-0.3, -0.25) is 4.79 Å². The van der Waals surface area contributed by atoms with Crippen LogP contribution < -0.4 is 10.6 Å². The Morgan fingerprint density at radius 3 is 2.79 bits per heavy atom. The van der Waals surface area contributed by atoms with Crippen molar-refractivity contribution in [2.24, 2.45) is 0 Å². The molecule has 7 nitrogen and oxygen atoms in total. The van der Waals surface area contributed by atoms with Gasteiger partial charge in [-0.2, -0.15) is 0 Å². The zero-order chi connectivity index (χ0) is 13.7. The summed E-state index contributed by atoms with van der Waals surface area (Å²) in [5.74, 6) is 0.599. The molecule has 0 atom stereocenters. The Bertz CT molecular complexity index is 412. The molecule has 0 spiro atoms. The molecule has 1 aromatic rings. The minimum atomic E-state index is 0.0811. The maximum absolute atomic E-state index is 11.8. The van der Waals surface area contributed by atoms with E-state index in [9.17, 15) is 4.79 Å². The van der Waals surface area contributed by atoms with Crippen LogP contribution >= 0.6 is 0 Å². The van der Waals surface area contributed by atoms with Gasteiger partial charge in [0.05, 0.1) is 13.1 Å². The second-order valence-corrected chi connectivity index (χ2v) is 4.98. The quantitative estimate of drug-likeness (QED) is 0.785. The molecular formula is C12H21N5O2. The number of amides is 1. The number of hydrogen-bond donors (Lipinski definition) is 2. The van der Waals surface area contributed by atoms with Crippen LogP contribution in [0, 0.1) is 0 Å². The van der Waals surface area contributed by atoms with Crippen LogP contribution in [-0.2, 0) is 11.3 Å². The van der Waals surface area contributed by atoms with E-state index >= 15 is 0 Å². The normalized spacial score (nSPS) is 15.2. The average molecular weight is 267 g/mol. The highest BCUT2D eigenvalue weighted by Crippen LogP contribution is 2.09. The molecular weight excluding hydrogens is 246 g/mol. The number of carbonyl (C=O) groups excluding carboxylic acids is 1. The summed E-state index contributed by atoms with van der Waals surface area (Å²) >= 11 is 0. The SMILES string of the molecule is CC(C)NCc1nnc(NCC(=O)N2CCCC2)o1. The van der Waals surface area contributed by atoms with Crippen LogP contribution in [0.15, 0.2) is 4.42 Å². The maximum Gasteiger partial charge on any atom is 0.315 e. The van der Waals surface area contributed by atoms with Crippen LogP contribution in [0.5, 0.6) is 0 Å². The van der Waals surface area contributed by atoms with E-state index in [1.165, 1.54) is 0 Å². The van der Waals surface area contributed by atoms with E-state index in [1.807, 2.05) is 18.7 Å². The third-order valence-corrected chi connectivity index (χ3v) is 2.98. The van der Waals surface area contributed by atoms with Crippen molar-refractivity contribution in [1.29, 1.82) is 0 Å². The predicted molar refractivity (Wildman–Crippen MR) is 70.6 cm³/mol. The summed E-state index contributed by atoms with van der Waals surface area (Å²) in [5.41, 5.74) is 0. The molecule has 0 radical (unpaired) electrons. The Kier molecular flexibility index (Phi) is 4.73. The number of aromatic nitrogens is 2. The lowest BCUT2D eigenvalue weighted by atomic mass is 10.4. The molecule has 0 bridgehead atoms. The van der Waals surface area contributed by atoms with Gasteiger partial charge in [-0.15, -0.1) is 5.10 Å². The highest BCUT2D eigenvalue weighted by Gasteiger charge is 2.18. The minimum absolute atomic E-state index is 0.0811. The first kappa shape index (κ1) is 13.8. The van der Waals surface area contributed by atoms with Gasteiger partial charge < -0.3 is 20.0 Å². The van der Waals surface area contributed by atoms with Crippen LogP contribution in [0.1, 0.15) is 32.6 Å². The topological polar surface area (TPSA) is 83.3 Å². The fourth-order valence-corrected chi connectivity index (χ4v) is 1.92. The van der Waals surface area contributed by atoms with Gasteiger partial charge in [0.1, 0.15) is 0 Å². The standard InChI is InChI=1S/C12H21N5O2/c1-9(2)13-7-10-15-16-12(19-10)14-8-11(18)17-5-3-4-6-17/h9,13H,3-8H2,1-2H3,(H,14,16). The van der Waals surface area contributed by atoms with Crippen molar-refractivity contribution in [1.82, 2.24) is 20.4 Å². The van der Waals surface area contributed by atoms with Crippen molar-refractivity contribution in [3.05, 3.63) is 5.89 Å². The van der Waals surface area contributed by atoms with E-state index in [-0.39, 0.29) is 12.5 Å². The van der Waals surface area contributed by atoms with Crippen LogP contribution in [-0.4, -0.2) is 46.7 Å². The molecule has 7 heteroatoms. The Labute approximate surface area is 112 Å². The second kappa shape index (κ2) is 6.51. The lowest BCUT2D eigenvalue weighted by molar-refractivity contribution is -0.128. The molecule has 1 fully saturated rings. The van der Waals surface area contributed by atoms with Crippen molar-refractivity contribution >= 4 is 11.9 Å². The number of anilines is 1. The molecule has 1 saturated heterocycles. The first-order chi connectivity index (χ1) is 9.15. The molecule has 0 aromatic carbocycles. The molecule has 2 N–H and O–H groups in total. The monoisotopic (exact) mass is 267 g/mol. The van der Waals surface area contributed by atoms with Gasteiger partial charge in [-0.1, -0.05) is 18.9 Å². The number of nitrogens with one attached hydrogen (secondary N) is 2. The van der Waals surface area contributed by atoms with Gasteiger partial charge in [-0.05, 0) is 12.8 Å². The van der Waals surface area contributed by atoms with E-state index < -0.39 is 0 Å². The second-order valence-electron chi connectivity index (χ2n) is 4.98. The van der Waals surface area contributed by atoms with Gasteiger partial charge in [0.15, 0.2) is 0 Å². The molecule has 0 saturated carbocycles. The maximum atomic E-state index is 11.8. The summed E-state index contributed by atoms with van der Waals surface area (Å²) in [6.07, 6.45) is 2.19. The fourth-order valence-electron chi connectivity index (χ4n) is 1.92. The average Bonchev–Trinajstić information content (AvgIpc) is 3.04. The van der Waals surface area contributed by atoms with Crippen molar-refractivity contribution in [2.75, 3.05) is 25.0 Å². The van der Waals surface area contributed by atoms with Crippen molar-refractivity contribution in [2.45, 2.75) is 39.3 Å². The summed E-state index contributed by atoms with van der Waals surface area (Å²) in [6, 6.07) is 0.660. The molecule has 19 heavy (non-hydrogen) atoms. The molecule has 1 amide bonds. The van der Waals surface area contributed by atoms with Crippen LogP contribution in [0.25, 0.3) is 0 Å². The van der Waals surface area contributed by atoms with Crippen LogP contribution in [0.4, 0.5) is 6.01 Å². The molecule has 106 valence electrons. The van der Waals surface area contributed by atoms with Crippen molar-refractivity contribution in [3.8, 4) is 0 Å². The smallest absolute Gasteiger partial charge is 0.315 e. The Hall–Kier alpha value is -1.63. The van der Waals surface area contributed by atoms with Crippen molar-refractivity contribution < 1.29 is 9.21 Å². The highest BCUT2D eigenvalue weighted by atomic mass is 16.4. The van der Waals surface area contributed by atoms with Gasteiger partial charge in [0.2, 0.25) is 11.8 Å². The Morgan fingerprint density at radius 2 is 2.11 bits per heavy atom. The lowest BCUT2D eigenvalue weighted by Gasteiger charge is -2.14. The summed E-state index contributed by atoms with van der Waals surface area (Å²) < 4.78 is 5.38. The first-order valence-corrected chi connectivity index (χ1v) is 6.72. The molecule has 1 aliphatic rings.